The minimum Gasteiger partial charge on any atom is -0.497 e. The number of carbonyl (C=O) groups is 1. The lowest BCUT2D eigenvalue weighted by molar-refractivity contribution is -0.0441. The number of amides is 2. The van der Waals surface area contributed by atoms with E-state index < -0.39 is 28.6 Å². The number of ether oxygens (including phenoxy) is 1. The Balaban J connectivity index is 1.92. The van der Waals surface area contributed by atoms with Gasteiger partial charge < -0.3 is 14.5 Å². The topological polar surface area (TPSA) is 76.6 Å². The van der Waals surface area contributed by atoms with Gasteiger partial charge in [-0.2, -0.15) is 0 Å². The van der Waals surface area contributed by atoms with Gasteiger partial charge in [-0.1, -0.05) is 93.0 Å². The summed E-state index contributed by atoms with van der Waals surface area (Å²) in [6.45, 7) is 10.1. The van der Waals surface area contributed by atoms with E-state index in [1.165, 1.54) is 6.20 Å². The number of rotatable bonds is 9. The van der Waals surface area contributed by atoms with Crippen LogP contribution in [-0.4, -0.2) is 39.3 Å². The molecular weight excluding hydrogens is 599 g/mol. The Kier molecular flexibility index (Phi) is 9.86. The van der Waals surface area contributed by atoms with E-state index >= 15 is 0 Å². The van der Waals surface area contributed by atoms with Crippen LogP contribution in [0.3, 0.4) is 0 Å². The summed E-state index contributed by atoms with van der Waals surface area (Å²) in [5.41, 5.74) is 0.331. The molecule has 1 N–H and O–H groups in total. The molecule has 0 aliphatic carbocycles. The number of benzene rings is 3. The molecule has 0 spiro atoms. The third-order valence-corrected chi connectivity index (χ3v) is 8.84. The maximum absolute atomic E-state index is 14.7. The van der Waals surface area contributed by atoms with Crippen LogP contribution in [0.2, 0.25) is 10.4 Å². The minimum absolute atomic E-state index is 0.0158. The lowest BCUT2D eigenvalue weighted by Crippen LogP contribution is -2.68. The van der Waals surface area contributed by atoms with Gasteiger partial charge in [-0.15, -0.1) is 0 Å². The molecule has 2 atom stereocenters. The predicted molar refractivity (Wildman–Crippen MR) is 173 cm³/mol. The summed E-state index contributed by atoms with van der Waals surface area (Å²) in [6.07, 6.45) is 1.53. The summed E-state index contributed by atoms with van der Waals surface area (Å²) in [5, 5.41) is 3.44. The molecule has 3 radical (unpaired) electrons. The Bertz CT molecular complexity index is 1500. The molecule has 223 valence electrons. The standard InChI is InChI=1S/C33H35Cl2N4O3Si/c1-22(27-21-36-29(35)37-28(27)34)39(25-17-19-26(41-6)20-18-25)30(40)38-32(5,42-43)33(31(2,3)4,23-13-9-7-10-14-23)24-15-11-8-12-16-24/h7-22H,1-6H3,(H,38,40)/t22-,32-/m1/s1. The molecule has 0 saturated carbocycles. The first-order valence-corrected chi connectivity index (χ1v) is 14.9. The van der Waals surface area contributed by atoms with Crippen molar-refractivity contribution in [3.8, 4) is 5.75 Å². The number of carbonyl (C=O) groups excluding carboxylic acids is 1. The van der Waals surface area contributed by atoms with Crippen molar-refractivity contribution < 1.29 is 14.0 Å². The second-order valence-corrected chi connectivity index (χ2v) is 12.3. The molecular formula is C33H35Cl2N4O3Si. The van der Waals surface area contributed by atoms with Gasteiger partial charge in [-0.05, 0) is 66.3 Å². The van der Waals surface area contributed by atoms with E-state index in [2.05, 4.69) is 70.8 Å². The Morgan fingerprint density at radius 2 is 1.44 bits per heavy atom. The number of anilines is 1. The summed E-state index contributed by atoms with van der Waals surface area (Å²) < 4.78 is 11.6. The Morgan fingerprint density at radius 1 is 0.907 bits per heavy atom. The highest BCUT2D eigenvalue weighted by molar-refractivity contribution is 6.32. The van der Waals surface area contributed by atoms with Crippen LogP contribution in [0.15, 0.2) is 91.1 Å². The third kappa shape index (κ3) is 6.15. The van der Waals surface area contributed by atoms with Crippen LogP contribution in [0, 0.1) is 5.41 Å². The second kappa shape index (κ2) is 13.1. The van der Waals surface area contributed by atoms with Crippen molar-refractivity contribution in [1.29, 1.82) is 0 Å². The first-order valence-electron chi connectivity index (χ1n) is 13.8. The van der Waals surface area contributed by atoms with Gasteiger partial charge in [0.05, 0.1) is 18.6 Å². The van der Waals surface area contributed by atoms with E-state index in [4.69, 9.17) is 32.4 Å². The van der Waals surface area contributed by atoms with E-state index in [1.54, 1.807) is 36.3 Å². The quantitative estimate of drug-likeness (QED) is 0.0877. The van der Waals surface area contributed by atoms with Crippen molar-refractivity contribution in [3.63, 3.8) is 0 Å². The van der Waals surface area contributed by atoms with E-state index in [0.29, 0.717) is 17.0 Å². The number of urea groups is 1. The van der Waals surface area contributed by atoms with Crippen molar-refractivity contribution in [2.24, 2.45) is 5.41 Å². The highest BCUT2D eigenvalue weighted by Gasteiger charge is 2.59. The zero-order chi connectivity index (χ0) is 31.4. The number of methoxy groups -OCH3 is 1. The summed E-state index contributed by atoms with van der Waals surface area (Å²) in [5.74, 6) is 0.651. The number of halogens is 2. The van der Waals surface area contributed by atoms with Crippen molar-refractivity contribution in [2.45, 2.75) is 51.8 Å². The van der Waals surface area contributed by atoms with Crippen molar-refractivity contribution in [2.75, 3.05) is 12.0 Å². The van der Waals surface area contributed by atoms with Crippen LogP contribution in [0.1, 0.15) is 57.4 Å². The summed E-state index contributed by atoms with van der Waals surface area (Å²) in [7, 11) is 5.00. The van der Waals surface area contributed by atoms with Crippen LogP contribution in [0.4, 0.5) is 10.5 Å². The normalized spacial score (nSPS) is 14.0. The highest BCUT2D eigenvalue weighted by atomic mass is 35.5. The van der Waals surface area contributed by atoms with Gasteiger partial charge in [-0.25, -0.2) is 14.8 Å². The Labute approximate surface area is 267 Å². The maximum Gasteiger partial charge on any atom is 0.324 e. The molecule has 4 aromatic rings. The average molecular weight is 635 g/mol. The van der Waals surface area contributed by atoms with Gasteiger partial charge in [0.1, 0.15) is 16.6 Å². The number of hydrogen-bond acceptors (Lipinski definition) is 5. The first kappa shape index (κ1) is 32.5. The van der Waals surface area contributed by atoms with Crippen LogP contribution in [0.5, 0.6) is 5.75 Å². The fraction of sp³-hybridized carbons (Fsp3) is 0.303. The van der Waals surface area contributed by atoms with Crippen LogP contribution >= 0.6 is 23.2 Å². The molecule has 1 heterocycles. The number of nitrogens with one attached hydrogen (secondary N) is 1. The molecule has 0 fully saturated rings. The fourth-order valence-electron chi connectivity index (χ4n) is 6.16. The predicted octanol–water partition coefficient (Wildman–Crippen LogP) is 7.92. The van der Waals surface area contributed by atoms with E-state index in [9.17, 15) is 4.79 Å². The molecule has 0 aliphatic rings. The Morgan fingerprint density at radius 3 is 1.88 bits per heavy atom. The largest absolute Gasteiger partial charge is 0.497 e. The van der Waals surface area contributed by atoms with Crippen molar-refractivity contribution in [1.82, 2.24) is 15.3 Å². The van der Waals surface area contributed by atoms with Crippen molar-refractivity contribution in [3.05, 3.63) is 118 Å². The number of aromatic nitrogens is 2. The molecule has 0 aliphatic heterocycles. The highest BCUT2D eigenvalue weighted by Crippen LogP contribution is 2.54. The number of nitrogens with zero attached hydrogens (tertiary/aromatic N) is 3. The van der Waals surface area contributed by atoms with E-state index in [0.717, 1.165) is 11.1 Å². The van der Waals surface area contributed by atoms with Crippen LogP contribution in [-0.2, 0) is 9.84 Å². The molecule has 1 aromatic heterocycles. The van der Waals surface area contributed by atoms with Gasteiger partial charge in [0, 0.05) is 17.4 Å². The molecule has 43 heavy (non-hydrogen) atoms. The fourth-order valence-corrected chi connectivity index (χ4v) is 6.83. The van der Waals surface area contributed by atoms with Gasteiger partial charge >= 0.3 is 6.03 Å². The Hall–Kier alpha value is -3.43. The smallest absolute Gasteiger partial charge is 0.324 e. The molecule has 7 nitrogen and oxygen atoms in total. The molecule has 0 bridgehead atoms. The summed E-state index contributed by atoms with van der Waals surface area (Å²) in [6, 6.07) is 26.3. The maximum atomic E-state index is 14.7. The van der Waals surface area contributed by atoms with Crippen molar-refractivity contribution >= 4 is 45.4 Å². The zero-order valence-corrected chi connectivity index (χ0v) is 27.6. The van der Waals surface area contributed by atoms with Gasteiger partial charge in [0.2, 0.25) is 15.8 Å². The SMILES string of the molecule is COc1ccc(N(C(=O)N[C@](C)(O[Si])C(c2ccccc2)(c2ccccc2)C(C)(C)C)[C@H](C)c2cnc(Cl)nc2Cl)cc1. The lowest BCUT2D eigenvalue weighted by atomic mass is 9.54. The number of hydrogen-bond donors (Lipinski definition) is 1. The van der Waals surface area contributed by atoms with Gasteiger partial charge in [-0.3, -0.25) is 4.90 Å². The summed E-state index contributed by atoms with van der Waals surface area (Å²) >= 11 is 12.5. The molecule has 2 amide bonds. The van der Waals surface area contributed by atoms with E-state index in [-0.39, 0.29) is 10.4 Å². The monoisotopic (exact) mass is 633 g/mol. The molecule has 0 saturated heterocycles. The molecule has 3 aromatic carbocycles. The summed E-state index contributed by atoms with van der Waals surface area (Å²) in [4.78, 5) is 24.5. The van der Waals surface area contributed by atoms with E-state index in [1.807, 2.05) is 50.2 Å². The lowest BCUT2D eigenvalue weighted by Gasteiger charge is -2.56. The second-order valence-electron chi connectivity index (χ2n) is 11.4. The van der Waals surface area contributed by atoms with Crippen LogP contribution < -0.4 is 15.0 Å². The van der Waals surface area contributed by atoms with Gasteiger partial charge in [0.25, 0.3) is 0 Å². The minimum atomic E-state index is -1.34. The molecule has 10 heteroatoms. The zero-order valence-electron chi connectivity index (χ0n) is 25.1. The average Bonchev–Trinajstić information content (AvgIpc) is 2.98. The van der Waals surface area contributed by atoms with Crippen LogP contribution in [0.25, 0.3) is 0 Å². The first-order chi connectivity index (χ1) is 20.4. The third-order valence-electron chi connectivity index (χ3n) is 7.95. The molecule has 4 rings (SSSR count). The van der Waals surface area contributed by atoms with Gasteiger partial charge in [0.15, 0.2) is 0 Å². The molecule has 0 unspecified atom stereocenters.